The minimum atomic E-state index is -0.0392. The monoisotopic (exact) mass is 304 g/mol. The second-order valence-corrected chi connectivity index (χ2v) is 6.24. The first kappa shape index (κ1) is 15.9. The van der Waals surface area contributed by atoms with Crippen molar-refractivity contribution in [1.82, 2.24) is 9.88 Å². The van der Waals surface area contributed by atoms with Gasteiger partial charge in [-0.15, -0.1) is 0 Å². The van der Waals surface area contributed by atoms with Gasteiger partial charge in [-0.1, -0.05) is 18.8 Å². The molecule has 0 aromatic carbocycles. The van der Waals surface area contributed by atoms with Gasteiger partial charge in [-0.3, -0.25) is 4.79 Å². The van der Waals surface area contributed by atoms with Crippen molar-refractivity contribution in [2.75, 3.05) is 25.4 Å². The third-order valence-corrected chi connectivity index (χ3v) is 4.72. The molecule has 2 heterocycles. The van der Waals surface area contributed by atoms with Gasteiger partial charge in [0, 0.05) is 36.7 Å². The summed E-state index contributed by atoms with van der Waals surface area (Å²) in [6, 6.07) is 3.58. The summed E-state index contributed by atoms with van der Waals surface area (Å²) in [5.41, 5.74) is 1.06. The molecule has 1 aromatic heterocycles. The molecule has 1 aromatic rings. The number of aliphatic hydroxyl groups is 1. The van der Waals surface area contributed by atoms with E-state index in [2.05, 4.69) is 23.7 Å². The number of aromatic nitrogens is 1. The van der Waals surface area contributed by atoms with E-state index in [0.717, 1.165) is 25.3 Å². The van der Waals surface area contributed by atoms with E-state index in [1.165, 1.54) is 0 Å². The highest BCUT2D eigenvalue weighted by Crippen LogP contribution is 2.22. The molecule has 1 saturated heterocycles. The van der Waals surface area contributed by atoms with Gasteiger partial charge < -0.3 is 10.0 Å². The molecule has 1 aliphatic rings. The molecule has 0 radical (unpaired) electrons. The van der Waals surface area contributed by atoms with Crippen LogP contribution >= 0.6 is 11.8 Å². The number of thioether (sulfide) groups is 1. The quantitative estimate of drug-likeness (QED) is 0.865. The Morgan fingerprint density at radius 3 is 3.24 bits per heavy atom. The van der Waals surface area contributed by atoms with Crippen LogP contribution in [0.1, 0.15) is 35.8 Å². The van der Waals surface area contributed by atoms with Crippen LogP contribution in [0, 0.1) is 11.8 Å². The average molecular weight is 304 g/mol. The Hall–Kier alpha value is -1.51. The second kappa shape index (κ2) is 8.06. The Kier molecular flexibility index (Phi) is 6.09. The van der Waals surface area contributed by atoms with Gasteiger partial charge in [-0.2, -0.15) is 11.8 Å². The summed E-state index contributed by atoms with van der Waals surface area (Å²) in [6.07, 6.45) is 3.10. The molecular weight excluding hydrogens is 284 g/mol. The van der Waals surface area contributed by atoms with E-state index < -0.39 is 0 Å². The number of amides is 1. The lowest BCUT2D eigenvalue weighted by molar-refractivity contribution is 0.0755. The molecular formula is C16H20N2O2S. The van der Waals surface area contributed by atoms with Crippen LogP contribution in [0.4, 0.5) is 0 Å². The molecule has 1 atom stereocenters. The first-order chi connectivity index (χ1) is 10.3. The number of rotatable bonds is 3. The molecule has 1 unspecified atom stereocenters. The lowest BCUT2D eigenvalue weighted by Gasteiger charge is -2.31. The molecule has 21 heavy (non-hydrogen) atoms. The van der Waals surface area contributed by atoms with Crippen LogP contribution in [0.15, 0.2) is 18.3 Å². The Bertz CT molecular complexity index is 551. The van der Waals surface area contributed by atoms with Crippen molar-refractivity contribution >= 4 is 17.7 Å². The van der Waals surface area contributed by atoms with E-state index in [0.29, 0.717) is 22.9 Å². The minimum absolute atomic E-state index is 0.0259. The molecule has 0 spiro atoms. The largest absolute Gasteiger partial charge is 0.395 e. The lowest BCUT2D eigenvalue weighted by Crippen LogP contribution is -2.42. The maximum Gasteiger partial charge on any atom is 0.273 e. The van der Waals surface area contributed by atoms with Crippen molar-refractivity contribution < 1.29 is 9.90 Å². The van der Waals surface area contributed by atoms with Crippen molar-refractivity contribution in [3.8, 4) is 11.8 Å². The summed E-state index contributed by atoms with van der Waals surface area (Å²) in [4.78, 5) is 18.8. The smallest absolute Gasteiger partial charge is 0.273 e. The Morgan fingerprint density at radius 2 is 2.48 bits per heavy atom. The zero-order valence-electron chi connectivity index (χ0n) is 12.2. The summed E-state index contributed by atoms with van der Waals surface area (Å²) < 4.78 is 0. The fourth-order valence-electron chi connectivity index (χ4n) is 2.19. The van der Waals surface area contributed by atoms with E-state index in [-0.39, 0.29) is 12.5 Å². The van der Waals surface area contributed by atoms with E-state index in [1.54, 1.807) is 18.3 Å². The highest BCUT2D eigenvalue weighted by molar-refractivity contribution is 8.00. The number of carbonyl (C=O) groups excluding carboxylic acids is 1. The van der Waals surface area contributed by atoms with Crippen LogP contribution in [0.25, 0.3) is 0 Å². The second-order valence-electron chi connectivity index (χ2n) is 4.83. The summed E-state index contributed by atoms with van der Waals surface area (Å²) in [5.74, 6) is 6.72. The van der Waals surface area contributed by atoms with E-state index >= 15 is 0 Å². The van der Waals surface area contributed by atoms with E-state index in [4.69, 9.17) is 5.11 Å². The van der Waals surface area contributed by atoms with Crippen LogP contribution in [0.2, 0.25) is 0 Å². The van der Waals surface area contributed by atoms with Gasteiger partial charge in [0.25, 0.3) is 5.91 Å². The molecule has 1 N–H and O–H groups in total. The molecule has 4 nitrogen and oxygen atoms in total. The molecule has 1 aliphatic heterocycles. The highest BCUT2D eigenvalue weighted by atomic mass is 32.2. The number of hydrogen-bond donors (Lipinski definition) is 1. The first-order valence-electron chi connectivity index (χ1n) is 7.22. The molecule has 112 valence electrons. The van der Waals surface area contributed by atoms with Crippen molar-refractivity contribution in [1.29, 1.82) is 0 Å². The summed E-state index contributed by atoms with van der Waals surface area (Å²) in [6.45, 7) is 3.72. The van der Waals surface area contributed by atoms with Gasteiger partial charge in [0.05, 0.1) is 12.2 Å². The Balaban J connectivity index is 2.17. The Morgan fingerprint density at radius 1 is 1.62 bits per heavy atom. The third-order valence-electron chi connectivity index (χ3n) is 3.35. The van der Waals surface area contributed by atoms with Crippen molar-refractivity contribution in [2.24, 2.45) is 0 Å². The molecule has 5 heteroatoms. The Labute approximate surface area is 129 Å². The molecule has 0 saturated carbocycles. The molecule has 2 rings (SSSR count). The normalized spacial score (nSPS) is 18.0. The molecule has 1 amide bonds. The molecule has 0 bridgehead atoms. The average Bonchev–Trinajstić information content (AvgIpc) is 2.55. The van der Waals surface area contributed by atoms with Gasteiger partial charge in [-0.25, -0.2) is 4.98 Å². The number of pyridine rings is 1. The van der Waals surface area contributed by atoms with Crippen LogP contribution in [0.3, 0.4) is 0 Å². The van der Waals surface area contributed by atoms with Crippen LogP contribution in [-0.4, -0.2) is 51.6 Å². The fourth-order valence-corrected chi connectivity index (χ4v) is 3.37. The van der Waals surface area contributed by atoms with Crippen LogP contribution < -0.4 is 0 Å². The topological polar surface area (TPSA) is 53.4 Å². The number of carbonyl (C=O) groups is 1. The fraction of sp³-hybridized carbons (Fsp3) is 0.500. The van der Waals surface area contributed by atoms with Crippen molar-refractivity contribution in [3.05, 3.63) is 29.6 Å². The number of aliphatic hydroxyl groups excluding tert-OH is 1. The van der Waals surface area contributed by atoms with Crippen molar-refractivity contribution in [3.63, 3.8) is 0 Å². The van der Waals surface area contributed by atoms with Gasteiger partial charge >= 0.3 is 0 Å². The van der Waals surface area contributed by atoms with E-state index in [1.807, 2.05) is 16.7 Å². The van der Waals surface area contributed by atoms with E-state index in [9.17, 15) is 4.79 Å². The van der Waals surface area contributed by atoms with Gasteiger partial charge in [0.1, 0.15) is 5.69 Å². The van der Waals surface area contributed by atoms with Gasteiger partial charge in [0.15, 0.2) is 0 Å². The number of nitrogens with zero attached hydrogens (tertiary/aromatic N) is 2. The number of hydrogen-bond acceptors (Lipinski definition) is 4. The SMILES string of the molecule is CCC1CN(C(=O)c2ncccc2C#CCCO)CCS1. The minimum Gasteiger partial charge on any atom is -0.395 e. The summed E-state index contributed by atoms with van der Waals surface area (Å²) in [5, 5.41) is 9.30. The van der Waals surface area contributed by atoms with Gasteiger partial charge in [0.2, 0.25) is 0 Å². The zero-order valence-corrected chi connectivity index (χ0v) is 13.0. The predicted octanol–water partition coefficient (Wildman–Crippen LogP) is 1.78. The molecule has 1 fully saturated rings. The first-order valence-corrected chi connectivity index (χ1v) is 8.26. The standard InChI is InChI=1S/C16H20N2O2S/c1-2-14-12-18(9-11-21-14)16(20)15-13(6-3-4-10-19)7-5-8-17-15/h5,7-8,14,19H,2,4,9-12H2,1H3. The molecule has 0 aliphatic carbocycles. The van der Waals surface area contributed by atoms with Crippen LogP contribution in [-0.2, 0) is 0 Å². The predicted molar refractivity (Wildman–Crippen MR) is 85.3 cm³/mol. The van der Waals surface area contributed by atoms with Crippen molar-refractivity contribution in [2.45, 2.75) is 25.0 Å². The van der Waals surface area contributed by atoms with Gasteiger partial charge in [-0.05, 0) is 18.6 Å². The third kappa shape index (κ3) is 4.23. The summed E-state index contributed by atoms with van der Waals surface area (Å²) in [7, 11) is 0. The highest BCUT2D eigenvalue weighted by Gasteiger charge is 2.25. The maximum atomic E-state index is 12.7. The zero-order chi connectivity index (χ0) is 15.1. The van der Waals surface area contributed by atoms with Crippen LogP contribution in [0.5, 0.6) is 0 Å². The maximum absolute atomic E-state index is 12.7. The lowest BCUT2D eigenvalue weighted by atomic mass is 10.1. The summed E-state index contributed by atoms with van der Waals surface area (Å²) >= 11 is 1.93.